The van der Waals surface area contributed by atoms with E-state index < -0.39 is 25.7 Å². The Morgan fingerprint density at radius 1 is 1.09 bits per heavy atom. The maximum Gasteiger partial charge on any atom is 0.323 e. The van der Waals surface area contributed by atoms with Gasteiger partial charge >= 0.3 is 11.9 Å². The molecule has 1 saturated carbocycles. The molecule has 1 atom stereocenters. The van der Waals surface area contributed by atoms with Crippen LogP contribution in [0.2, 0.25) is 18.1 Å². The molecule has 0 radical (unpaired) electrons. The van der Waals surface area contributed by atoms with E-state index in [1.54, 1.807) is 13.8 Å². The zero-order valence-electron chi connectivity index (χ0n) is 15.7. The molecule has 0 aliphatic heterocycles. The zero-order valence-corrected chi connectivity index (χ0v) is 16.7. The minimum absolute atomic E-state index is 0.0894. The van der Waals surface area contributed by atoms with Gasteiger partial charge in [-0.15, -0.1) is 0 Å². The fraction of sp³-hybridized carbons (Fsp3) is 0.882. The molecule has 1 unspecified atom stereocenters. The Balaban J connectivity index is 2.93. The van der Waals surface area contributed by atoms with E-state index in [4.69, 9.17) is 13.9 Å². The molecular formula is C17H32O5Si. The van der Waals surface area contributed by atoms with Crippen LogP contribution in [-0.2, 0) is 23.5 Å². The van der Waals surface area contributed by atoms with Crippen LogP contribution in [0.1, 0.15) is 53.9 Å². The Labute approximate surface area is 141 Å². The quantitative estimate of drug-likeness (QED) is 0.418. The summed E-state index contributed by atoms with van der Waals surface area (Å²) in [5.74, 6) is -0.945. The second kappa shape index (κ2) is 7.34. The normalized spacial score (nSPS) is 21.1. The first-order valence-corrected chi connectivity index (χ1v) is 11.4. The van der Waals surface area contributed by atoms with E-state index >= 15 is 0 Å². The van der Waals surface area contributed by atoms with Gasteiger partial charge in [-0.2, -0.15) is 0 Å². The minimum Gasteiger partial charge on any atom is -0.465 e. The molecule has 6 heteroatoms. The SMILES string of the molecule is CCOC(=O)C1(C(=O)OCC)CCC(O[Si](C)(C)C(C)(C)C)C1. The van der Waals surface area contributed by atoms with Crippen LogP contribution in [-0.4, -0.2) is 39.6 Å². The highest BCUT2D eigenvalue weighted by Gasteiger charge is 2.55. The first-order valence-electron chi connectivity index (χ1n) is 8.52. The fourth-order valence-electron chi connectivity index (χ4n) is 2.69. The van der Waals surface area contributed by atoms with Crippen LogP contribution in [0.15, 0.2) is 0 Å². The van der Waals surface area contributed by atoms with E-state index in [0.29, 0.717) is 19.3 Å². The number of hydrogen-bond acceptors (Lipinski definition) is 5. The fourth-order valence-corrected chi connectivity index (χ4v) is 4.07. The molecule has 0 aromatic rings. The van der Waals surface area contributed by atoms with Gasteiger partial charge in [0.2, 0.25) is 0 Å². The molecule has 1 rings (SSSR count). The summed E-state index contributed by atoms with van der Waals surface area (Å²) in [6.07, 6.45) is 1.38. The van der Waals surface area contributed by atoms with Gasteiger partial charge in [0.25, 0.3) is 0 Å². The number of rotatable bonds is 6. The van der Waals surface area contributed by atoms with Crippen molar-refractivity contribution in [2.75, 3.05) is 13.2 Å². The topological polar surface area (TPSA) is 61.8 Å². The highest BCUT2D eigenvalue weighted by atomic mass is 28.4. The summed E-state index contributed by atoms with van der Waals surface area (Å²) in [4.78, 5) is 24.8. The molecule has 0 aromatic carbocycles. The van der Waals surface area contributed by atoms with Crippen molar-refractivity contribution in [2.45, 2.75) is 78.1 Å². The van der Waals surface area contributed by atoms with Crippen molar-refractivity contribution in [3.63, 3.8) is 0 Å². The average Bonchev–Trinajstić information content (AvgIpc) is 2.82. The molecule has 1 fully saturated rings. The van der Waals surface area contributed by atoms with Gasteiger partial charge in [0.15, 0.2) is 13.7 Å². The molecule has 0 amide bonds. The molecule has 1 aliphatic rings. The monoisotopic (exact) mass is 344 g/mol. The predicted molar refractivity (Wildman–Crippen MR) is 91.6 cm³/mol. The smallest absolute Gasteiger partial charge is 0.323 e. The highest BCUT2D eigenvalue weighted by molar-refractivity contribution is 6.74. The lowest BCUT2D eigenvalue weighted by atomic mass is 9.86. The summed E-state index contributed by atoms with van der Waals surface area (Å²) in [7, 11) is -1.94. The Bertz CT molecular complexity index is 421. The summed E-state index contributed by atoms with van der Waals surface area (Å²) < 4.78 is 16.7. The molecule has 0 N–H and O–H groups in total. The standard InChI is InChI=1S/C17H32O5Si/c1-8-20-14(18)17(15(19)21-9-2)11-10-13(12-17)22-23(6,7)16(3,4)5/h13H,8-12H2,1-7H3. The first kappa shape index (κ1) is 20.2. The summed E-state index contributed by atoms with van der Waals surface area (Å²) in [6, 6.07) is 0. The number of ether oxygens (including phenoxy) is 2. The first-order chi connectivity index (χ1) is 10.5. The summed E-state index contributed by atoms with van der Waals surface area (Å²) in [5.41, 5.74) is -1.20. The summed E-state index contributed by atoms with van der Waals surface area (Å²) >= 11 is 0. The molecule has 0 heterocycles. The molecule has 1 aliphatic carbocycles. The minimum atomic E-state index is -1.94. The van der Waals surface area contributed by atoms with Gasteiger partial charge in [-0.25, -0.2) is 0 Å². The van der Waals surface area contributed by atoms with Crippen molar-refractivity contribution in [3.8, 4) is 0 Å². The predicted octanol–water partition coefficient (Wildman–Crippen LogP) is 3.67. The van der Waals surface area contributed by atoms with Crippen LogP contribution in [0.5, 0.6) is 0 Å². The lowest BCUT2D eigenvalue weighted by molar-refractivity contribution is -0.172. The van der Waals surface area contributed by atoms with Gasteiger partial charge in [-0.05, 0) is 51.2 Å². The molecule has 0 saturated heterocycles. The van der Waals surface area contributed by atoms with Gasteiger partial charge in [0, 0.05) is 6.10 Å². The van der Waals surface area contributed by atoms with E-state index in [9.17, 15) is 9.59 Å². The van der Waals surface area contributed by atoms with Crippen LogP contribution in [0.25, 0.3) is 0 Å². The molecule has 0 bridgehead atoms. The van der Waals surface area contributed by atoms with Crippen molar-refractivity contribution >= 4 is 20.3 Å². The zero-order chi connectivity index (χ0) is 17.9. The molecule has 23 heavy (non-hydrogen) atoms. The number of esters is 2. The maximum atomic E-state index is 12.4. The van der Waals surface area contributed by atoms with Crippen LogP contribution in [0.3, 0.4) is 0 Å². The van der Waals surface area contributed by atoms with Crippen molar-refractivity contribution in [3.05, 3.63) is 0 Å². The molecule has 0 aromatic heterocycles. The number of carbonyl (C=O) groups is 2. The Hall–Kier alpha value is -0.883. The second-order valence-electron chi connectivity index (χ2n) is 7.77. The van der Waals surface area contributed by atoms with Gasteiger partial charge in [0.05, 0.1) is 13.2 Å². The van der Waals surface area contributed by atoms with Gasteiger partial charge in [-0.1, -0.05) is 20.8 Å². The Morgan fingerprint density at radius 2 is 1.57 bits per heavy atom. The molecule has 134 valence electrons. The van der Waals surface area contributed by atoms with Crippen LogP contribution >= 0.6 is 0 Å². The van der Waals surface area contributed by atoms with Crippen molar-refractivity contribution in [2.24, 2.45) is 5.41 Å². The molecule has 5 nitrogen and oxygen atoms in total. The van der Waals surface area contributed by atoms with Crippen molar-refractivity contribution < 1.29 is 23.5 Å². The highest BCUT2D eigenvalue weighted by Crippen LogP contribution is 2.45. The van der Waals surface area contributed by atoms with Crippen LogP contribution in [0.4, 0.5) is 0 Å². The largest absolute Gasteiger partial charge is 0.465 e. The van der Waals surface area contributed by atoms with Gasteiger partial charge < -0.3 is 13.9 Å². The van der Waals surface area contributed by atoms with Crippen LogP contribution in [0, 0.1) is 5.41 Å². The third kappa shape index (κ3) is 4.35. The molecule has 0 spiro atoms. The lowest BCUT2D eigenvalue weighted by Crippen LogP contribution is -2.45. The van der Waals surface area contributed by atoms with Crippen LogP contribution < -0.4 is 0 Å². The second-order valence-corrected chi connectivity index (χ2v) is 12.5. The van der Waals surface area contributed by atoms with E-state index in [1.807, 2.05) is 0 Å². The number of hydrogen-bond donors (Lipinski definition) is 0. The van der Waals surface area contributed by atoms with Crippen molar-refractivity contribution in [1.82, 2.24) is 0 Å². The third-order valence-corrected chi connectivity index (χ3v) is 9.60. The van der Waals surface area contributed by atoms with E-state index in [1.165, 1.54) is 0 Å². The average molecular weight is 345 g/mol. The third-order valence-electron chi connectivity index (χ3n) is 5.07. The van der Waals surface area contributed by atoms with E-state index in [0.717, 1.165) is 0 Å². The number of carbonyl (C=O) groups excluding carboxylic acids is 2. The summed E-state index contributed by atoms with van der Waals surface area (Å²) in [6.45, 7) is 14.9. The Morgan fingerprint density at radius 3 is 1.96 bits per heavy atom. The van der Waals surface area contributed by atoms with Gasteiger partial charge in [0.1, 0.15) is 0 Å². The Kier molecular flexibility index (Phi) is 6.44. The summed E-state index contributed by atoms with van der Waals surface area (Å²) in [5, 5.41) is 0.0894. The van der Waals surface area contributed by atoms with Crippen molar-refractivity contribution in [1.29, 1.82) is 0 Å². The van der Waals surface area contributed by atoms with Gasteiger partial charge in [-0.3, -0.25) is 9.59 Å². The maximum absolute atomic E-state index is 12.4. The molecular weight excluding hydrogens is 312 g/mol. The van der Waals surface area contributed by atoms with E-state index in [2.05, 4.69) is 33.9 Å². The van der Waals surface area contributed by atoms with E-state index in [-0.39, 0.29) is 24.4 Å². The lowest BCUT2D eigenvalue weighted by Gasteiger charge is -2.38.